The van der Waals surface area contributed by atoms with E-state index in [2.05, 4.69) is 9.97 Å². The van der Waals surface area contributed by atoms with Crippen molar-refractivity contribution in [1.82, 2.24) is 19.1 Å². The number of ether oxygens (including phenoxy) is 2. The van der Waals surface area contributed by atoms with Crippen LogP contribution in [0, 0.1) is 0 Å². The van der Waals surface area contributed by atoms with Crippen molar-refractivity contribution in [3.63, 3.8) is 0 Å². The molecule has 0 bridgehead atoms. The molecule has 1 fully saturated rings. The zero-order chi connectivity index (χ0) is 13.6. The van der Waals surface area contributed by atoms with E-state index in [-0.39, 0.29) is 11.2 Å². The van der Waals surface area contributed by atoms with Crippen LogP contribution in [0.2, 0.25) is 0 Å². The maximum atomic E-state index is 11.9. The summed E-state index contributed by atoms with van der Waals surface area (Å²) in [4.78, 5) is 32.1. The van der Waals surface area contributed by atoms with Gasteiger partial charge in [-0.3, -0.25) is 13.9 Å². The van der Waals surface area contributed by atoms with Gasteiger partial charge in [0, 0.05) is 14.1 Å². The van der Waals surface area contributed by atoms with E-state index in [1.54, 1.807) is 7.05 Å². The van der Waals surface area contributed by atoms with E-state index in [9.17, 15) is 9.59 Å². The van der Waals surface area contributed by atoms with E-state index >= 15 is 0 Å². The first-order chi connectivity index (χ1) is 9.09. The Balaban J connectivity index is 2.28. The van der Waals surface area contributed by atoms with E-state index in [1.807, 2.05) is 0 Å². The molecule has 0 amide bonds. The largest absolute Gasteiger partial charge is 0.345 e. The zero-order valence-electron chi connectivity index (χ0n) is 10.5. The van der Waals surface area contributed by atoms with Gasteiger partial charge in [0.25, 0.3) is 5.56 Å². The number of aromatic nitrogens is 4. The maximum Gasteiger partial charge on any atom is 0.332 e. The second-order valence-electron chi connectivity index (χ2n) is 4.25. The van der Waals surface area contributed by atoms with Crippen LogP contribution in [-0.4, -0.2) is 32.3 Å². The molecule has 8 heteroatoms. The Morgan fingerprint density at radius 2 is 1.89 bits per heavy atom. The lowest BCUT2D eigenvalue weighted by molar-refractivity contribution is -0.0473. The average Bonchev–Trinajstić information content (AvgIpc) is 2.96. The summed E-state index contributed by atoms with van der Waals surface area (Å²) in [5, 5.41) is 0. The molecule has 3 rings (SSSR count). The molecule has 0 saturated carbocycles. The molecule has 0 N–H and O–H groups in total. The molecule has 2 aromatic heterocycles. The van der Waals surface area contributed by atoms with Crippen LogP contribution in [-0.2, 0) is 23.6 Å². The van der Waals surface area contributed by atoms with Gasteiger partial charge in [0.05, 0.1) is 19.4 Å². The van der Waals surface area contributed by atoms with Crippen molar-refractivity contribution in [2.24, 2.45) is 14.1 Å². The van der Waals surface area contributed by atoms with Gasteiger partial charge in [-0.2, -0.15) is 0 Å². The standard InChI is InChI=1S/C11H12N4O4/c1-14-8-7(9(16)15(2)11(14)17)12-5-6(13-8)10-18-3-4-19-10/h5,10H,3-4H2,1-2H3. The van der Waals surface area contributed by atoms with Gasteiger partial charge < -0.3 is 9.47 Å². The van der Waals surface area contributed by atoms with Gasteiger partial charge in [-0.1, -0.05) is 0 Å². The van der Waals surface area contributed by atoms with Gasteiger partial charge in [-0.05, 0) is 0 Å². The van der Waals surface area contributed by atoms with E-state index in [0.29, 0.717) is 18.9 Å². The third-order valence-corrected chi connectivity index (χ3v) is 3.03. The highest BCUT2D eigenvalue weighted by atomic mass is 16.7. The Morgan fingerprint density at radius 1 is 1.21 bits per heavy atom. The first kappa shape index (κ1) is 12.0. The van der Waals surface area contributed by atoms with Gasteiger partial charge in [0.2, 0.25) is 6.29 Å². The van der Waals surface area contributed by atoms with Crippen molar-refractivity contribution in [3.8, 4) is 0 Å². The highest BCUT2D eigenvalue weighted by Gasteiger charge is 2.22. The fourth-order valence-corrected chi connectivity index (χ4v) is 1.98. The number of hydrogen-bond acceptors (Lipinski definition) is 6. The Hall–Kier alpha value is -2.06. The van der Waals surface area contributed by atoms with Crippen LogP contribution < -0.4 is 11.2 Å². The monoisotopic (exact) mass is 264 g/mol. The number of hydrogen-bond donors (Lipinski definition) is 0. The van der Waals surface area contributed by atoms with Gasteiger partial charge in [0.1, 0.15) is 5.69 Å². The van der Waals surface area contributed by atoms with E-state index in [1.165, 1.54) is 17.8 Å². The topological polar surface area (TPSA) is 88.2 Å². The summed E-state index contributed by atoms with van der Waals surface area (Å²) in [5.74, 6) is 0. The molecule has 0 unspecified atom stereocenters. The third kappa shape index (κ3) is 1.76. The Kier molecular flexibility index (Phi) is 2.68. The Bertz CT molecular complexity index is 758. The lowest BCUT2D eigenvalue weighted by Gasteiger charge is -2.10. The summed E-state index contributed by atoms with van der Waals surface area (Å²) in [6.45, 7) is 0.972. The minimum absolute atomic E-state index is 0.145. The van der Waals surface area contributed by atoms with Crippen LogP contribution in [0.5, 0.6) is 0 Å². The molecular weight excluding hydrogens is 252 g/mol. The van der Waals surface area contributed by atoms with E-state index < -0.39 is 17.5 Å². The molecule has 0 aromatic carbocycles. The van der Waals surface area contributed by atoms with Crippen LogP contribution >= 0.6 is 0 Å². The minimum atomic E-state index is -0.587. The first-order valence-electron chi connectivity index (χ1n) is 5.75. The Labute approximate surface area is 107 Å². The molecule has 19 heavy (non-hydrogen) atoms. The quantitative estimate of drug-likeness (QED) is 0.661. The van der Waals surface area contributed by atoms with Crippen LogP contribution in [0.1, 0.15) is 12.0 Å². The highest BCUT2D eigenvalue weighted by Crippen LogP contribution is 2.21. The number of fused-ring (bicyclic) bond motifs is 1. The summed E-state index contributed by atoms with van der Waals surface area (Å²) in [6.07, 6.45) is 0.848. The number of nitrogens with zero attached hydrogens (tertiary/aromatic N) is 4. The van der Waals surface area contributed by atoms with Gasteiger partial charge in [0.15, 0.2) is 11.2 Å². The average molecular weight is 264 g/mol. The van der Waals surface area contributed by atoms with Gasteiger partial charge >= 0.3 is 5.69 Å². The smallest absolute Gasteiger partial charge is 0.332 e. The summed E-state index contributed by atoms with van der Waals surface area (Å²) in [6, 6.07) is 0. The third-order valence-electron chi connectivity index (χ3n) is 3.03. The number of aryl methyl sites for hydroxylation is 1. The van der Waals surface area contributed by atoms with E-state index in [4.69, 9.17) is 9.47 Å². The molecule has 8 nitrogen and oxygen atoms in total. The predicted molar refractivity (Wildman–Crippen MR) is 64.7 cm³/mol. The summed E-state index contributed by atoms with van der Waals surface area (Å²) in [5.41, 5.74) is -0.0908. The first-order valence-corrected chi connectivity index (χ1v) is 5.75. The second kappa shape index (κ2) is 4.25. The molecule has 0 aliphatic carbocycles. The minimum Gasteiger partial charge on any atom is -0.345 e. The Morgan fingerprint density at radius 3 is 2.58 bits per heavy atom. The van der Waals surface area contributed by atoms with Crippen LogP contribution in [0.15, 0.2) is 15.8 Å². The molecule has 0 radical (unpaired) electrons. The molecule has 3 heterocycles. The van der Waals surface area contributed by atoms with E-state index in [0.717, 1.165) is 4.57 Å². The normalized spacial score (nSPS) is 16.3. The van der Waals surface area contributed by atoms with Crippen molar-refractivity contribution >= 4 is 11.2 Å². The highest BCUT2D eigenvalue weighted by molar-refractivity contribution is 5.68. The SMILES string of the molecule is Cn1c(=O)c2ncc(C3OCCO3)nc2n(C)c1=O. The van der Waals surface area contributed by atoms with Crippen molar-refractivity contribution in [2.45, 2.75) is 6.29 Å². The van der Waals surface area contributed by atoms with Gasteiger partial charge in [-0.25, -0.2) is 14.8 Å². The fourth-order valence-electron chi connectivity index (χ4n) is 1.98. The molecule has 2 aromatic rings. The zero-order valence-corrected chi connectivity index (χ0v) is 10.5. The predicted octanol–water partition coefficient (Wildman–Crippen LogP) is -0.927. The van der Waals surface area contributed by atoms with Crippen molar-refractivity contribution in [2.75, 3.05) is 13.2 Å². The molecular formula is C11H12N4O4. The second-order valence-corrected chi connectivity index (χ2v) is 4.25. The fraction of sp³-hybridized carbons (Fsp3) is 0.455. The van der Waals surface area contributed by atoms with Crippen molar-refractivity contribution < 1.29 is 9.47 Å². The molecule has 0 spiro atoms. The van der Waals surface area contributed by atoms with Crippen LogP contribution in [0.4, 0.5) is 0 Å². The van der Waals surface area contributed by atoms with Crippen molar-refractivity contribution in [3.05, 3.63) is 32.7 Å². The maximum absolute atomic E-state index is 11.9. The van der Waals surface area contributed by atoms with Gasteiger partial charge in [-0.15, -0.1) is 0 Å². The molecule has 0 atom stereocenters. The van der Waals surface area contributed by atoms with Crippen molar-refractivity contribution in [1.29, 1.82) is 0 Å². The molecule has 100 valence electrons. The lowest BCUT2D eigenvalue weighted by atomic mass is 10.4. The summed E-state index contributed by atoms with van der Waals surface area (Å²) < 4.78 is 12.9. The lowest BCUT2D eigenvalue weighted by Crippen LogP contribution is -2.37. The van der Waals surface area contributed by atoms with Crippen LogP contribution in [0.25, 0.3) is 11.2 Å². The molecule has 1 saturated heterocycles. The summed E-state index contributed by atoms with van der Waals surface area (Å²) in [7, 11) is 2.95. The van der Waals surface area contributed by atoms with Crippen LogP contribution in [0.3, 0.4) is 0 Å². The molecule has 1 aliphatic heterocycles. The number of rotatable bonds is 1. The summed E-state index contributed by atoms with van der Waals surface area (Å²) >= 11 is 0. The molecule has 1 aliphatic rings.